The third kappa shape index (κ3) is 4.57. The van der Waals surface area contributed by atoms with E-state index in [-0.39, 0.29) is 11.5 Å². The maximum Gasteiger partial charge on any atom is 0.152 e. The van der Waals surface area contributed by atoms with E-state index >= 15 is 0 Å². The van der Waals surface area contributed by atoms with E-state index in [0.29, 0.717) is 29.6 Å². The molecule has 0 aliphatic heterocycles. The van der Waals surface area contributed by atoms with Crippen LogP contribution in [0.3, 0.4) is 0 Å². The Kier molecular flexibility index (Phi) is 6.93. The minimum absolute atomic E-state index is 0.187. The molecule has 4 rings (SSSR count). The molecule has 0 amide bonds. The normalized spacial score (nSPS) is 11.4. The Labute approximate surface area is 201 Å². The summed E-state index contributed by atoms with van der Waals surface area (Å²) in [6.07, 6.45) is 3.94. The van der Waals surface area contributed by atoms with Crippen LogP contribution in [0.15, 0.2) is 42.5 Å². The van der Waals surface area contributed by atoms with Gasteiger partial charge in [0.1, 0.15) is 22.9 Å². The minimum Gasteiger partial charge on any atom is -0.508 e. The number of aromatic nitrogens is 3. The average Bonchev–Trinajstić information content (AvgIpc) is 3.16. The van der Waals surface area contributed by atoms with Gasteiger partial charge in [-0.05, 0) is 36.1 Å². The number of imidazole rings is 1. The molecule has 7 heteroatoms. The van der Waals surface area contributed by atoms with Crippen LogP contribution in [0.1, 0.15) is 43.1 Å². The van der Waals surface area contributed by atoms with Gasteiger partial charge in [-0.1, -0.05) is 66.3 Å². The number of nitrogen functional groups attached to an aromatic ring is 1. The number of aromatic hydroxyl groups is 1. The highest BCUT2D eigenvalue weighted by molar-refractivity contribution is 14.1. The van der Waals surface area contributed by atoms with Gasteiger partial charge in [-0.15, -0.1) is 0 Å². The van der Waals surface area contributed by atoms with Crippen LogP contribution in [-0.2, 0) is 24.2 Å². The Morgan fingerprint density at radius 2 is 1.97 bits per heavy atom. The van der Waals surface area contributed by atoms with Gasteiger partial charge in [0.25, 0.3) is 0 Å². The molecule has 0 unspecified atom stereocenters. The lowest BCUT2D eigenvalue weighted by Gasteiger charge is -2.13. The van der Waals surface area contributed by atoms with Crippen LogP contribution >= 0.6 is 22.6 Å². The molecule has 0 atom stereocenters. The summed E-state index contributed by atoms with van der Waals surface area (Å²) in [6.45, 7) is 2.78. The number of Topliss-reactive ketones (excluding diaryl/α,β-unsaturated/α-hetero) is 1. The summed E-state index contributed by atoms with van der Waals surface area (Å²) in [5.41, 5.74) is 10.7. The molecule has 4 aromatic rings. The van der Waals surface area contributed by atoms with Gasteiger partial charge in [0, 0.05) is 24.8 Å². The number of nitrogens with zero attached hydrogens (tertiary/aromatic N) is 3. The second-order valence-electron chi connectivity index (χ2n) is 8.06. The fourth-order valence-corrected chi connectivity index (χ4v) is 4.44. The van der Waals surface area contributed by atoms with E-state index < -0.39 is 0 Å². The Hall–Kier alpha value is -2.68. The molecule has 32 heavy (non-hydrogen) atoms. The van der Waals surface area contributed by atoms with Crippen molar-refractivity contribution in [1.29, 1.82) is 0 Å². The molecule has 0 spiro atoms. The van der Waals surface area contributed by atoms with E-state index in [9.17, 15) is 9.90 Å². The maximum atomic E-state index is 11.8. The van der Waals surface area contributed by atoms with Gasteiger partial charge >= 0.3 is 0 Å². The predicted octanol–water partition coefficient (Wildman–Crippen LogP) is 5.20. The number of hydrogen-bond acceptors (Lipinski definition) is 5. The lowest BCUT2D eigenvalue weighted by Crippen LogP contribution is -2.07. The Morgan fingerprint density at radius 1 is 1.16 bits per heavy atom. The van der Waals surface area contributed by atoms with Gasteiger partial charge < -0.3 is 15.4 Å². The number of unbranched alkanes of at least 4 members (excludes halogenated alkanes) is 1. The van der Waals surface area contributed by atoms with Crippen molar-refractivity contribution in [2.24, 2.45) is 0 Å². The zero-order valence-electron chi connectivity index (χ0n) is 18.1. The summed E-state index contributed by atoms with van der Waals surface area (Å²) < 4.78 is 2.72. The number of aryl methyl sites for hydroxylation is 2. The van der Waals surface area contributed by atoms with Crippen molar-refractivity contribution in [3.63, 3.8) is 0 Å². The number of phenols is 1. The number of ketones is 1. The summed E-state index contributed by atoms with van der Waals surface area (Å²) in [4.78, 5) is 21.2. The molecule has 3 N–H and O–H groups in total. The van der Waals surface area contributed by atoms with Crippen LogP contribution in [0.5, 0.6) is 5.75 Å². The third-order valence-corrected chi connectivity index (χ3v) is 6.60. The van der Waals surface area contributed by atoms with E-state index in [0.717, 1.165) is 58.2 Å². The van der Waals surface area contributed by atoms with Gasteiger partial charge in [-0.3, -0.25) is 4.79 Å². The molecule has 166 valence electrons. The van der Waals surface area contributed by atoms with E-state index in [4.69, 9.17) is 10.7 Å². The van der Waals surface area contributed by atoms with Crippen molar-refractivity contribution in [3.8, 4) is 5.75 Å². The smallest absolute Gasteiger partial charge is 0.152 e. The van der Waals surface area contributed by atoms with Crippen molar-refractivity contribution in [1.82, 2.24) is 14.5 Å². The SMILES string of the molecule is CCCCc1nc2c(N)nc3ccccc3c2n1Cc1ccc(O)c(CCC(=O)CI)c1. The van der Waals surface area contributed by atoms with E-state index in [1.807, 2.05) is 30.3 Å². The zero-order chi connectivity index (χ0) is 22.7. The maximum absolute atomic E-state index is 11.8. The number of anilines is 1. The molecular weight excluding hydrogens is 515 g/mol. The van der Waals surface area contributed by atoms with Crippen molar-refractivity contribution < 1.29 is 9.90 Å². The van der Waals surface area contributed by atoms with Crippen LogP contribution < -0.4 is 5.73 Å². The first-order valence-electron chi connectivity index (χ1n) is 10.9. The molecule has 6 nitrogen and oxygen atoms in total. The van der Waals surface area contributed by atoms with Crippen LogP contribution in [0, 0.1) is 0 Å². The fraction of sp³-hybridized carbons (Fsp3) is 0.320. The number of hydrogen-bond donors (Lipinski definition) is 2. The van der Waals surface area contributed by atoms with E-state index in [1.165, 1.54) is 0 Å². The number of carbonyl (C=O) groups excluding carboxylic acids is 1. The minimum atomic E-state index is 0.187. The summed E-state index contributed by atoms with van der Waals surface area (Å²) in [6, 6.07) is 13.6. The molecule has 0 bridgehead atoms. The van der Waals surface area contributed by atoms with E-state index in [1.54, 1.807) is 6.07 Å². The quantitative estimate of drug-likeness (QED) is 0.224. The molecule has 0 saturated heterocycles. The number of pyridine rings is 1. The van der Waals surface area contributed by atoms with Gasteiger partial charge in [0.15, 0.2) is 5.82 Å². The molecule has 0 radical (unpaired) electrons. The topological polar surface area (TPSA) is 94.0 Å². The molecule has 2 aromatic carbocycles. The fourth-order valence-electron chi connectivity index (χ4n) is 4.06. The summed E-state index contributed by atoms with van der Waals surface area (Å²) in [5.74, 6) is 1.85. The first kappa shape index (κ1) is 22.5. The first-order valence-corrected chi connectivity index (χ1v) is 12.5. The Balaban J connectivity index is 1.80. The van der Waals surface area contributed by atoms with Crippen molar-refractivity contribution >= 4 is 56.1 Å². The summed E-state index contributed by atoms with van der Waals surface area (Å²) in [5, 5.41) is 11.3. The second kappa shape index (κ2) is 9.85. The monoisotopic (exact) mass is 542 g/mol. The highest BCUT2D eigenvalue weighted by atomic mass is 127. The standard InChI is InChI=1S/C25H27IN4O2/c1-2-3-8-22-29-23-24(19-6-4-5-7-20(19)28-25(23)27)30(22)15-16-9-12-21(32)17(13-16)10-11-18(31)14-26/h4-7,9,12-13,32H,2-3,8,10-11,14-15H2,1H3,(H2,27,28). The number of halogens is 1. The largest absolute Gasteiger partial charge is 0.508 e. The number of para-hydroxylation sites is 1. The van der Waals surface area contributed by atoms with Gasteiger partial charge in [-0.25, -0.2) is 9.97 Å². The number of nitrogens with two attached hydrogens (primary N) is 1. The Bertz CT molecular complexity index is 1280. The third-order valence-electron chi connectivity index (χ3n) is 5.75. The molecule has 0 aliphatic carbocycles. The van der Waals surface area contributed by atoms with Crippen LogP contribution in [0.25, 0.3) is 21.9 Å². The highest BCUT2D eigenvalue weighted by Crippen LogP contribution is 2.30. The predicted molar refractivity (Wildman–Crippen MR) is 137 cm³/mol. The highest BCUT2D eigenvalue weighted by Gasteiger charge is 2.18. The van der Waals surface area contributed by atoms with Crippen LogP contribution in [-0.4, -0.2) is 29.9 Å². The number of alkyl halides is 1. The second-order valence-corrected chi connectivity index (χ2v) is 8.83. The van der Waals surface area contributed by atoms with Crippen molar-refractivity contribution in [3.05, 3.63) is 59.4 Å². The Morgan fingerprint density at radius 3 is 2.75 bits per heavy atom. The average molecular weight is 542 g/mol. The molecule has 2 heterocycles. The lowest BCUT2D eigenvalue weighted by molar-refractivity contribution is -0.116. The molecular formula is C25H27IN4O2. The van der Waals surface area contributed by atoms with Gasteiger partial charge in [0.2, 0.25) is 0 Å². The number of benzene rings is 2. The molecule has 0 saturated carbocycles. The number of rotatable bonds is 9. The summed E-state index contributed by atoms with van der Waals surface area (Å²) in [7, 11) is 0. The van der Waals surface area contributed by atoms with Crippen molar-refractivity contribution in [2.75, 3.05) is 10.2 Å². The number of carbonyl (C=O) groups is 1. The van der Waals surface area contributed by atoms with E-state index in [2.05, 4.69) is 45.1 Å². The van der Waals surface area contributed by atoms with Crippen LogP contribution in [0.2, 0.25) is 0 Å². The summed E-state index contributed by atoms with van der Waals surface area (Å²) >= 11 is 2.08. The zero-order valence-corrected chi connectivity index (χ0v) is 20.3. The van der Waals surface area contributed by atoms with Crippen molar-refractivity contribution in [2.45, 2.75) is 45.6 Å². The van der Waals surface area contributed by atoms with Crippen LogP contribution in [0.4, 0.5) is 5.82 Å². The lowest BCUT2D eigenvalue weighted by atomic mass is 10.0. The number of fused-ring (bicyclic) bond motifs is 3. The molecule has 0 fully saturated rings. The van der Waals surface area contributed by atoms with Gasteiger partial charge in [0.05, 0.1) is 15.5 Å². The number of phenolic OH excluding ortho intramolecular Hbond substituents is 1. The molecule has 0 aliphatic rings. The molecule has 2 aromatic heterocycles. The van der Waals surface area contributed by atoms with Gasteiger partial charge in [-0.2, -0.15) is 0 Å². The first-order chi connectivity index (χ1) is 15.5.